The zero-order valence-corrected chi connectivity index (χ0v) is 18.8. The molecule has 0 aliphatic carbocycles. The maximum atomic E-state index is 5.27. The fourth-order valence-corrected chi connectivity index (χ4v) is 4.30. The minimum absolute atomic E-state index is 0.218. The molecule has 1 unspecified atom stereocenters. The normalized spacial score (nSPS) is 14.7. The van der Waals surface area contributed by atoms with Crippen LogP contribution in [0.4, 0.5) is 17.6 Å². The van der Waals surface area contributed by atoms with Crippen molar-refractivity contribution in [1.29, 1.82) is 0 Å². The van der Waals surface area contributed by atoms with Crippen LogP contribution in [0.2, 0.25) is 0 Å². The highest BCUT2D eigenvalue weighted by atomic mass is 16.5. The standard InChI is InChI=1S/C24H23N9O/c1-32-20(8-10-27-32)29-24-25-9-7-19(28-24)16-12-21-26-14-17(23-31-30-22(13-16)33(21)23)11-15-3-5-18(34-2)6-4-15/h3-10,12-13,17,26H,11,14H2,1-2H3,(H,25,28,29). The molecule has 1 atom stereocenters. The summed E-state index contributed by atoms with van der Waals surface area (Å²) in [5.74, 6) is 4.32. The highest BCUT2D eigenvalue weighted by molar-refractivity contribution is 5.71. The molecule has 0 saturated carbocycles. The van der Waals surface area contributed by atoms with E-state index in [0.717, 1.165) is 53.1 Å². The Balaban J connectivity index is 1.30. The smallest absolute Gasteiger partial charge is 0.228 e. The summed E-state index contributed by atoms with van der Waals surface area (Å²) in [6.45, 7) is 0.778. The topological polar surface area (TPSA) is 107 Å². The van der Waals surface area contributed by atoms with Gasteiger partial charge in [-0.15, -0.1) is 10.2 Å². The highest BCUT2D eigenvalue weighted by Gasteiger charge is 2.25. The first-order valence-electron chi connectivity index (χ1n) is 11.0. The van der Waals surface area contributed by atoms with E-state index in [-0.39, 0.29) is 5.92 Å². The molecule has 2 N–H and O–H groups in total. The van der Waals surface area contributed by atoms with Crippen molar-refractivity contribution in [2.24, 2.45) is 7.05 Å². The zero-order chi connectivity index (χ0) is 23.1. The molecule has 1 aliphatic heterocycles. The maximum absolute atomic E-state index is 5.27. The number of aryl methyl sites for hydroxylation is 1. The number of hydrogen-bond donors (Lipinski definition) is 2. The Morgan fingerprint density at radius 2 is 1.97 bits per heavy atom. The van der Waals surface area contributed by atoms with Gasteiger partial charge in [0, 0.05) is 37.3 Å². The molecule has 0 saturated heterocycles. The highest BCUT2D eigenvalue weighted by Crippen LogP contribution is 2.32. The first-order chi connectivity index (χ1) is 16.7. The molecular formula is C24H23N9O. The minimum atomic E-state index is 0.218. The van der Waals surface area contributed by atoms with E-state index in [2.05, 4.69) is 53.5 Å². The van der Waals surface area contributed by atoms with Crippen molar-refractivity contribution in [2.75, 3.05) is 24.3 Å². The predicted octanol–water partition coefficient (Wildman–Crippen LogP) is 3.42. The number of rotatable bonds is 6. The van der Waals surface area contributed by atoms with E-state index in [1.807, 2.05) is 37.4 Å². The van der Waals surface area contributed by atoms with Crippen LogP contribution in [0.3, 0.4) is 0 Å². The number of methoxy groups -OCH3 is 1. The van der Waals surface area contributed by atoms with Gasteiger partial charge in [-0.1, -0.05) is 12.1 Å². The van der Waals surface area contributed by atoms with Crippen molar-refractivity contribution >= 4 is 23.2 Å². The lowest BCUT2D eigenvalue weighted by molar-refractivity contribution is 0.414. The lowest BCUT2D eigenvalue weighted by Crippen LogP contribution is -2.24. The van der Waals surface area contributed by atoms with Crippen molar-refractivity contribution in [3.05, 3.63) is 72.3 Å². The monoisotopic (exact) mass is 453 g/mol. The van der Waals surface area contributed by atoms with E-state index in [1.165, 1.54) is 5.56 Å². The number of anilines is 3. The summed E-state index contributed by atoms with van der Waals surface area (Å²) in [4.78, 5) is 9.03. The third kappa shape index (κ3) is 3.58. The molecule has 0 radical (unpaired) electrons. The number of aromatic nitrogens is 7. The van der Waals surface area contributed by atoms with Crippen LogP contribution in [0.25, 0.3) is 16.9 Å². The van der Waals surface area contributed by atoms with Gasteiger partial charge >= 0.3 is 0 Å². The fourth-order valence-electron chi connectivity index (χ4n) is 4.30. The molecule has 34 heavy (non-hydrogen) atoms. The lowest BCUT2D eigenvalue weighted by Gasteiger charge is -2.24. The Kier molecular flexibility index (Phi) is 4.83. The number of nitrogens with one attached hydrogen (secondary N) is 2. The van der Waals surface area contributed by atoms with Crippen molar-refractivity contribution < 1.29 is 4.74 Å². The van der Waals surface area contributed by atoms with E-state index in [1.54, 1.807) is 24.2 Å². The van der Waals surface area contributed by atoms with Gasteiger partial charge in [-0.3, -0.25) is 9.08 Å². The third-order valence-electron chi connectivity index (χ3n) is 6.08. The van der Waals surface area contributed by atoms with Gasteiger partial charge in [0.15, 0.2) is 5.65 Å². The van der Waals surface area contributed by atoms with Crippen molar-refractivity contribution in [1.82, 2.24) is 34.3 Å². The Morgan fingerprint density at radius 1 is 1.09 bits per heavy atom. The summed E-state index contributed by atoms with van der Waals surface area (Å²) in [7, 11) is 3.54. The molecule has 10 nitrogen and oxygen atoms in total. The molecule has 10 heteroatoms. The van der Waals surface area contributed by atoms with Crippen LogP contribution in [0.5, 0.6) is 5.75 Å². The van der Waals surface area contributed by atoms with Gasteiger partial charge in [0.05, 0.1) is 19.0 Å². The molecule has 1 aromatic carbocycles. The average Bonchev–Trinajstić information content (AvgIpc) is 3.48. The summed E-state index contributed by atoms with van der Waals surface area (Å²) in [5, 5.41) is 19.9. The van der Waals surface area contributed by atoms with E-state index < -0.39 is 0 Å². The van der Waals surface area contributed by atoms with Gasteiger partial charge in [0.2, 0.25) is 5.95 Å². The Hall–Kier alpha value is -4.47. The van der Waals surface area contributed by atoms with Crippen LogP contribution in [0.15, 0.2) is 60.9 Å². The largest absolute Gasteiger partial charge is 0.497 e. The molecule has 5 aromatic rings. The Labute approximate surface area is 195 Å². The second-order valence-corrected chi connectivity index (χ2v) is 8.24. The van der Waals surface area contributed by atoms with Crippen LogP contribution >= 0.6 is 0 Å². The minimum Gasteiger partial charge on any atom is -0.497 e. The SMILES string of the molecule is COc1ccc(CC2CNc3cc(-c4ccnc(Nc5ccnn5C)n4)cc4nnc2n34)cc1. The second kappa shape index (κ2) is 8.14. The van der Waals surface area contributed by atoms with Crippen LogP contribution in [-0.2, 0) is 13.5 Å². The maximum Gasteiger partial charge on any atom is 0.228 e. The van der Waals surface area contributed by atoms with E-state index in [4.69, 9.17) is 9.72 Å². The molecule has 1 aliphatic rings. The quantitative estimate of drug-likeness (QED) is 0.403. The first-order valence-corrected chi connectivity index (χ1v) is 11.0. The first kappa shape index (κ1) is 20.2. The molecule has 0 amide bonds. The van der Waals surface area contributed by atoms with Gasteiger partial charge < -0.3 is 15.4 Å². The van der Waals surface area contributed by atoms with Crippen molar-refractivity contribution in [3.63, 3.8) is 0 Å². The molecular weight excluding hydrogens is 430 g/mol. The van der Waals surface area contributed by atoms with Crippen LogP contribution in [0.1, 0.15) is 17.3 Å². The van der Waals surface area contributed by atoms with Gasteiger partial charge in [-0.05, 0) is 42.3 Å². The summed E-state index contributed by atoms with van der Waals surface area (Å²) < 4.78 is 9.10. The average molecular weight is 454 g/mol. The van der Waals surface area contributed by atoms with Crippen LogP contribution in [0, 0.1) is 0 Å². The van der Waals surface area contributed by atoms with Gasteiger partial charge in [0.1, 0.15) is 23.2 Å². The van der Waals surface area contributed by atoms with Gasteiger partial charge in [-0.2, -0.15) is 5.10 Å². The Bertz CT molecular complexity index is 1470. The van der Waals surface area contributed by atoms with Gasteiger partial charge in [-0.25, -0.2) is 9.97 Å². The van der Waals surface area contributed by atoms with Crippen LogP contribution in [-0.4, -0.2) is 48.0 Å². The summed E-state index contributed by atoms with van der Waals surface area (Å²) >= 11 is 0. The Morgan fingerprint density at radius 3 is 2.76 bits per heavy atom. The van der Waals surface area contributed by atoms with E-state index in [9.17, 15) is 0 Å². The second-order valence-electron chi connectivity index (χ2n) is 8.24. The number of hydrogen-bond acceptors (Lipinski definition) is 8. The molecule has 170 valence electrons. The lowest BCUT2D eigenvalue weighted by atomic mass is 9.97. The van der Waals surface area contributed by atoms with E-state index >= 15 is 0 Å². The molecule has 0 spiro atoms. The summed E-state index contributed by atoms with van der Waals surface area (Å²) in [6, 6.07) is 16.0. The third-order valence-corrected chi connectivity index (χ3v) is 6.08. The number of ether oxygens (including phenoxy) is 1. The summed E-state index contributed by atoms with van der Waals surface area (Å²) in [6.07, 6.45) is 4.33. The molecule has 0 bridgehead atoms. The van der Waals surface area contributed by atoms with Crippen LogP contribution < -0.4 is 15.4 Å². The fraction of sp³-hybridized carbons (Fsp3) is 0.208. The molecule has 5 heterocycles. The van der Waals surface area contributed by atoms with Crippen molar-refractivity contribution in [2.45, 2.75) is 12.3 Å². The van der Waals surface area contributed by atoms with Crippen molar-refractivity contribution in [3.8, 4) is 17.0 Å². The molecule has 0 fully saturated rings. The van der Waals surface area contributed by atoms with Gasteiger partial charge in [0.25, 0.3) is 0 Å². The summed E-state index contributed by atoms with van der Waals surface area (Å²) in [5.41, 5.74) is 3.76. The number of pyridine rings is 1. The molecule has 6 rings (SSSR count). The zero-order valence-electron chi connectivity index (χ0n) is 18.8. The predicted molar refractivity (Wildman–Crippen MR) is 128 cm³/mol. The molecule has 4 aromatic heterocycles. The van der Waals surface area contributed by atoms with E-state index in [0.29, 0.717) is 5.95 Å². The number of benzene rings is 1. The number of nitrogens with zero attached hydrogens (tertiary/aromatic N) is 7.